The van der Waals surface area contributed by atoms with E-state index in [-0.39, 0.29) is 23.0 Å². The van der Waals surface area contributed by atoms with Gasteiger partial charge in [-0.15, -0.1) is 0 Å². The second-order valence-corrected chi connectivity index (χ2v) is 9.58. The molecule has 1 aliphatic carbocycles. The number of aliphatic hydroxyl groups is 5. The molecule has 204 valence electrons. The van der Waals surface area contributed by atoms with Crippen molar-refractivity contribution in [1.82, 2.24) is 0 Å². The number of ether oxygens (including phenoxy) is 4. The average molecular weight is 521 g/mol. The average Bonchev–Trinajstić information content (AvgIpc) is 2.91. The van der Waals surface area contributed by atoms with Crippen molar-refractivity contribution in [3.8, 4) is 34.1 Å². The van der Waals surface area contributed by atoms with E-state index >= 15 is 0 Å². The van der Waals surface area contributed by atoms with Crippen molar-refractivity contribution in [2.45, 2.75) is 75.3 Å². The maximum atomic E-state index is 10.8. The van der Waals surface area contributed by atoms with Crippen molar-refractivity contribution in [3.63, 3.8) is 0 Å². The van der Waals surface area contributed by atoms with Gasteiger partial charge in [-0.2, -0.15) is 0 Å². The van der Waals surface area contributed by atoms with Crippen molar-refractivity contribution in [2.24, 2.45) is 0 Å². The first-order valence-corrected chi connectivity index (χ1v) is 12.5. The number of phenolic OH excluding ortho intramolecular Hbond substituents is 1. The molecule has 10 nitrogen and oxygen atoms in total. The van der Waals surface area contributed by atoms with Crippen LogP contribution < -0.4 is 14.2 Å². The predicted octanol–water partition coefficient (Wildman–Crippen LogP) is 1.27. The SMILES string of the molecule is COc1c2cc(c(OC3OC(CO)C(O)C(O)C3O)c1OC)CCCCC(O)CCc1ccc(O)c-2c1. The fourth-order valence-corrected chi connectivity index (χ4v) is 4.99. The summed E-state index contributed by atoms with van der Waals surface area (Å²) < 4.78 is 23.1. The first-order valence-electron chi connectivity index (χ1n) is 12.5. The lowest BCUT2D eigenvalue weighted by Gasteiger charge is -2.40. The minimum Gasteiger partial charge on any atom is -0.507 e. The summed E-state index contributed by atoms with van der Waals surface area (Å²) in [6.07, 6.45) is -3.87. The van der Waals surface area contributed by atoms with Crippen LogP contribution in [0, 0.1) is 0 Å². The van der Waals surface area contributed by atoms with E-state index in [0.29, 0.717) is 48.8 Å². The summed E-state index contributed by atoms with van der Waals surface area (Å²) in [5.74, 6) is 0.742. The van der Waals surface area contributed by atoms with Crippen LogP contribution in [-0.4, -0.2) is 88.3 Å². The normalized spacial score (nSPS) is 28.4. The molecule has 2 aliphatic rings. The molecule has 0 saturated carbocycles. The highest BCUT2D eigenvalue weighted by molar-refractivity contribution is 5.81. The van der Waals surface area contributed by atoms with Crippen LogP contribution in [-0.2, 0) is 17.6 Å². The molecule has 4 bridgehead atoms. The van der Waals surface area contributed by atoms with Gasteiger partial charge in [-0.3, -0.25) is 0 Å². The van der Waals surface area contributed by atoms with Crippen molar-refractivity contribution in [1.29, 1.82) is 0 Å². The number of aliphatic hydroxyl groups excluding tert-OH is 5. The molecule has 1 saturated heterocycles. The van der Waals surface area contributed by atoms with Gasteiger partial charge in [-0.1, -0.05) is 12.5 Å². The Morgan fingerprint density at radius 2 is 1.59 bits per heavy atom. The van der Waals surface area contributed by atoms with Gasteiger partial charge in [-0.25, -0.2) is 0 Å². The summed E-state index contributed by atoms with van der Waals surface area (Å²) in [6.45, 7) is -0.588. The quantitative estimate of drug-likeness (QED) is 0.339. The standard InChI is InChI=1S/C27H36O10/c1-34-25-18-12-15(5-3-4-6-16(29)9-7-14-8-10-19(30)17(18)11-14)24(26(25)35-2)37-27-23(33)22(32)21(31)20(13-28)36-27/h8,10-12,16,20-23,27-33H,3-7,9,13H2,1-2H3. The molecule has 0 spiro atoms. The topological polar surface area (TPSA) is 158 Å². The van der Waals surface area contributed by atoms with Gasteiger partial charge >= 0.3 is 0 Å². The number of aromatic hydroxyl groups is 1. The monoisotopic (exact) mass is 520 g/mol. The first-order chi connectivity index (χ1) is 17.8. The van der Waals surface area contributed by atoms with Gasteiger partial charge in [0.2, 0.25) is 12.0 Å². The largest absolute Gasteiger partial charge is 0.507 e. The van der Waals surface area contributed by atoms with Gasteiger partial charge in [-0.05, 0) is 61.4 Å². The number of hydrogen-bond donors (Lipinski definition) is 6. The van der Waals surface area contributed by atoms with Gasteiger partial charge < -0.3 is 49.6 Å². The Balaban J connectivity index is 1.84. The van der Waals surface area contributed by atoms with E-state index in [4.69, 9.17) is 18.9 Å². The summed E-state index contributed by atoms with van der Waals surface area (Å²) in [7, 11) is 2.90. The van der Waals surface area contributed by atoms with E-state index in [2.05, 4.69) is 0 Å². The zero-order valence-corrected chi connectivity index (χ0v) is 21.0. The number of rotatable bonds is 5. The number of methoxy groups -OCH3 is 2. The molecule has 0 radical (unpaired) electrons. The molecule has 6 N–H and O–H groups in total. The van der Waals surface area contributed by atoms with Gasteiger partial charge in [0, 0.05) is 11.1 Å². The van der Waals surface area contributed by atoms with Crippen LogP contribution in [0.3, 0.4) is 0 Å². The summed E-state index contributed by atoms with van der Waals surface area (Å²) in [5.41, 5.74) is 2.73. The minimum atomic E-state index is -1.61. The smallest absolute Gasteiger partial charge is 0.229 e. The highest BCUT2D eigenvalue weighted by Crippen LogP contribution is 2.50. The highest BCUT2D eigenvalue weighted by atomic mass is 16.7. The summed E-state index contributed by atoms with van der Waals surface area (Å²) in [6, 6.07) is 7.13. The lowest BCUT2D eigenvalue weighted by atomic mass is 9.95. The molecule has 37 heavy (non-hydrogen) atoms. The Morgan fingerprint density at radius 1 is 0.838 bits per heavy atom. The second-order valence-electron chi connectivity index (χ2n) is 9.58. The predicted molar refractivity (Wildman–Crippen MR) is 133 cm³/mol. The fraction of sp³-hybridized carbons (Fsp3) is 0.556. The van der Waals surface area contributed by atoms with E-state index in [1.54, 1.807) is 6.07 Å². The molecule has 2 aromatic carbocycles. The van der Waals surface area contributed by atoms with Crippen LogP contribution in [0.5, 0.6) is 23.0 Å². The van der Waals surface area contributed by atoms with Crippen molar-refractivity contribution >= 4 is 0 Å². The Kier molecular flexibility index (Phi) is 8.79. The molecule has 1 aliphatic heterocycles. The molecule has 2 aromatic rings. The molecule has 0 aromatic heterocycles. The lowest BCUT2D eigenvalue weighted by molar-refractivity contribution is -0.277. The van der Waals surface area contributed by atoms with E-state index < -0.39 is 43.4 Å². The van der Waals surface area contributed by atoms with Crippen LogP contribution in [0.4, 0.5) is 0 Å². The number of hydrogen-bond acceptors (Lipinski definition) is 10. The van der Waals surface area contributed by atoms with Crippen LogP contribution >= 0.6 is 0 Å². The summed E-state index contributed by atoms with van der Waals surface area (Å²) >= 11 is 0. The van der Waals surface area contributed by atoms with E-state index in [1.165, 1.54) is 14.2 Å². The van der Waals surface area contributed by atoms with E-state index in [1.807, 2.05) is 18.2 Å². The third-order valence-corrected chi connectivity index (χ3v) is 7.11. The number of aryl methyl sites for hydroxylation is 2. The maximum absolute atomic E-state index is 10.8. The van der Waals surface area contributed by atoms with Crippen molar-refractivity contribution in [2.75, 3.05) is 20.8 Å². The molecular weight excluding hydrogens is 484 g/mol. The fourth-order valence-electron chi connectivity index (χ4n) is 4.99. The zero-order valence-electron chi connectivity index (χ0n) is 21.0. The number of fused-ring (bicyclic) bond motifs is 5. The molecule has 4 rings (SSSR count). The molecular formula is C27H36O10. The number of phenols is 1. The molecule has 1 heterocycles. The molecule has 6 unspecified atom stereocenters. The molecule has 1 fully saturated rings. The number of benzene rings is 2. The molecule has 0 amide bonds. The third kappa shape index (κ3) is 5.64. The highest BCUT2D eigenvalue weighted by Gasteiger charge is 2.45. The zero-order chi connectivity index (χ0) is 26.7. The molecule has 6 atom stereocenters. The van der Waals surface area contributed by atoms with Gasteiger partial charge in [0.1, 0.15) is 30.2 Å². The third-order valence-electron chi connectivity index (χ3n) is 7.11. The van der Waals surface area contributed by atoms with Gasteiger partial charge in [0.05, 0.1) is 26.9 Å². The minimum absolute atomic E-state index is 0.0491. The summed E-state index contributed by atoms with van der Waals surface area (Å²) in [4.78, 5) is 0. The van der Waals surface area contributed by atoms with E-state index in [9.17, 15) is 30.6 Å². The van der Waals surface area contributed by atoms with Crippen LogP contribution in [0.1, 0.15) is 36.8 Å². The maximum Gasteiger partial charge on any atom is 0.229 e. The lowest BCUT2D eigenvalue weighted by Crippen LogP contribution is -2.60. The van der Waals surface area contributed by atoms with Crippen molar-refractivity contribution in [3.05, 3.63) is 35.4 Å². The summed E-state index contributed by atoms with van der Waals surface area (Å²) in [5, 5.41) is 61.7. The van der Waals surface area contributed by atoms with Gasteiger partial charge in [0.15, 0.2) is 11.5 Å². The Bertz CT molecular complexity index is 1070. The molecule has 10 heteroatoms. The second kappa shape index (κ2) is 11.8. The van der Waals surface area contributed by atoms with Crippen LogP contribution in [0.2, 0.25) is 0 Å². The van der Waals surface area contributed by atoms with Crippen LogP contribution in [0.25, 0.3) is 11.1 Å². The van der Waals surface area contributed by atoms with Crippen molar-refractivity contribution < 1.29 is 49.6 Å². The van der Waals surface area contributed by atoms with Crippen LogP contribution in [0.15, 0.2) is 24.3 Å². The van der Waals surface area contributed by atoms with Gasteiger partial charge in [0.25, 0.3) is 0 Å². The Labute approximate surface area is 215 Å². The Morgan fingerprint density at radius 3 is 2.30 bits per heavy atom. The Hall–Kier alpha value is -2.60. The first kappa shape index (κ1) is 27.4. The van der Waals surface area contributed by atoms with E-state index in [0.717, 1.165) is 12.0 Å².